The van der Waals surface area contributed by atoms with Crippen LogP contribution in [0.5, 0.6) is 5.75 Å². The third kappa shape index (κ3) is 6.94. The lowest BCUT2D eigenvalue weighted by molar-refractivity contribution is 0.0977. The van der Waals surface area contributed by atoms with E-state index in [0.29, 0.717) is 17.9 Å². The topological polar surface area (TPSA) is 53.6 Å². The average Bonchev–Trinajstić information content (AvgIpc) is 2.71. The van der Waals surface area contributed by atoms with Crippen LogP contribution in [0.3, 0.4) is 0 Å². The fourth-order valence-electron chi connectivity index (χ4n) is 2.68. The van der Waals surface area contributed by atoms with Crippen LogP contribution in [0, 0.1) is 0 Å². The molecule has 0 saturated heterocycles. The summed E-state index contributed by atoms with van der Waals surface area (Å²) in [5.74, 6) is 0.412. The predicted molar refractivity (Wildman–Crippen MR) is 119 cm³/mol. The minimum atomic E-state index is -0.266. The van der Waals surface area contributed by atoms with Gasteiger partial charge in [0, 0.05) is 17.8 Å². The highest BCUT2D eigenvalue weighted by molar-refractivity contribution is 7.80. The van der Waals surface area contributed by atoms with Gasteiger partial charge in [0.15, 0.2) is 5.11 Å². The summed E-state index contributed by atoms with van der Waals surface area (Å²) in [5, 5.41) is 6.03. The Hall–Kier alpha value is -2.44. The maximum atomic E-state index is 12.4. The van der Waals surface area contributed by atoms with Crippen LogP contribution >= 0.6 is 12.2 Å². The molecule has 0 aliphatic heterocycles. The molecular formula is C22H29N3O2S. The van der Waals surface area contributed by atoms with Crippen LogP contribution in [-0.2, 0) is 6.54 Å². The zero-order valence-electron chi connectivity index (χ0n) is 16.8. The number of carbonyl (C=O) groups is 1. The third-order valence-corrected chi connectivity index (χ3v) is 4.51. The Bertz CT molecular complexity index is 774. The summed E-state index contributed by atoms with van der Waals surface area (Å²) < 4.78 is 5.57. The Labute approximate surface area is 173 Å². The van der Waals surface area contributed by atoms with Gasteiger partial charge in [-0.15, -0.1) is 0 Å². The number of carbonyl (C=O) groups excluding carboxylic acids is 1. The number of nitrogens with zero attached hydrogens (tertiary/aromatic N) is 1. The quantitative estimate of drug-likeness (QED) is 0.611. The van der Waals surface area contributed by atoms with Crippen LogP contribution in [-0.4, -0.2) is 35.6 Å². The molecule has 0 aromatic heterocycles. The standard InChI is InChI=1S/C22H29N3O2S/c1-4-14-27-20-9-7-8-18(15-20)21(26)24-22(28)23-19-12-10-17(11-13-19)16-25(5-2)6-3/h7-13,15H,4-6,14,16H2,1-3H3,(H2,23,24,26,28). The molecule has 5 nitrogen and oxygen atoms in total. The van der Waals surface area contributed by atoms with Crippen molar-refractivity contribution in [1.82, 2.24) is 10.2 Å². The number of ether oxygens (including phenoxy) is 1. The second-order valence-corrected chi connectivity index (χ2v) is 6.85. The molecule has 0 atom stereocenters. The smallest absolute Gasteiger partial charge is 0.257 e. The largest absolute Gasteiger partial charge is 0.494 e. The Morgan fingerprint density at radius 1 is 1.07 bits per heavy atom. The van der Waals surface area contributed by atoms with E-state index in [9.17, 15) is 4.79 Å². The van der Waals surface area contributed by atoms with E-state index in [1.807, 2.05) is 25.1 Å². The van der Waals surface area contributed by atoms with E-state index >= 15 is 0 Å². The van der Waals surface area contributed by atoms with Gasteiger partial charge >= 0.3 is 0 Å². The van der Waals surface area contributed by atoms with Crippen molar-refractivity contribution in [3.63, 3.8) is 0 Å². The number of hydrogen-bond donors (Lipinski definition) is 2. The molecule has 6 heteroatoms. The second-order valence-electron chi connectivity index (χ2n) is 6.44. The molecule has 28 heavy (non-hydrogen) atoms. The van der Waals surface area contributed by atoms with Gasteiger partial charge in [-0.05, 0) is 67.6 Å². The summed E-state index contributed by atoms with van der Waals surface area (Å²) in [4.78, 5) is 14.8. The van der Waals surface area contributed by atoms with E-state index in [1.54, 1.807) is 18.2 Å². The molecule has 0 saturated carbocycles. The van der Waals surface area contributed by atoms with Crippen molar-refractivity contribution in [2.24, 2.45) is 0 Å². The summed E-state index contributed by atoms with van der Waals surface area (Å²) in [7, 11) is 0. The Morgan fingerprint density at radius 3 is 2.43 bits per heavy atom. The van der Waals surface area contributed by atoms with Gasteiger partial charge in [0.2, 0.25) is 0 Å². The molecule has 0 aliphatic carbocycles. The Kier molecular flexibility index (Phi) is 8.91. The monoisotopic (exact) mass is 399 g/mol. The number of amides is 1. The molecule has 1 amide bonds. The molecule has 0 unspecified atom stereocenters. The van der Waals surface area contributed by atoms with E-state index in [4.69, 9.17) is 17.0 Å². The van der Waals surface area contributed by atoms with Crippen LogP contribution in [0.2, 0.25) is 0 Å². The Morgan fingerprint density at radius 2 is 1.79 bits per heavy atom. The van der Waals surface area contributed by atoms with E-state index in [0.717, 1.165) is 31.7 Å². The van der Waals surface area contributed by atoms with Crippen LogP contribution in [0.1, 0.15) is 43.1 Å². The first-order valence-electron chi connectivity index (χ1n) is 9.72. The van der Waals surface area contributed by atoms with Gasteiger partial charge in [0.05, 0.1) is 6.61 Å². The summed E-state index contributed by atoms with van der Waals surface area (Å²) >= 11 is 5.27. The number of anilines is 1. The van der Waals surface area contributed by atoms with Gasteiger partial charge in [-0.1, -0.05) is 39.0 Å². The van der Waals surface area contributed by atoms with Crippen molar-refractivity contribution in [3.05, 3.63) is 59.7 Å². The molecule has 0 spiro atoms. The van der Waals surface area contributed by atoms with Gasteiger partial charge in [-0.25, -0.2) is 0 Å². The van der Waals surface area contributed by atoms with Gasteiger partial charge < -0.3 is 10.1 Å². The molecule has 2 rings (SSSR count). The zero-order valence-corrected chi connectivity index (χ0v) is 17.6. The number of benzene rings is 2. The van der Waals surface area contributed by atoms with Crippen LogP contribution in [0.25, 0.3) is 0 Å². The Balaban J connectivity index is 1.90. The molecule has 150 valence electrons. The van der Waals surface area contributed by atoms with Crippen molar-refractivity contribution < 1.29 is 9.53 Å². The maximum absolute atomic E-state index is 12.4. The lowest BCUT2D eigenvalue weighted by Crippen LogP contribution is -2.34. The first-order valence-corrected chi connectivity index (χ1v) is 10.1. The third-order valence-electron chi connectivity index (χ3n) is 4.31. The molecule has 0 bridgehead atoms. The SMILES string of the molecule is CCCOc1cccc(C(=O)NC(=S)Nc2ccc(CN(CC)CC)cc2)c1. The highest BCUT2D eigenvalue weighted by Crippen LogP contribution is 2.14. The minimum Gasteiger partial charge on any atom is -0.494 e. The maximum Gasteiger partial charge on any atom is 0.257 e. The lowest BCUT2D eigenvalue weighted by atomic mass is 10.2. The summed E-state index contributed by atoms with van der Waals surface area (Å²) in [6, 6.07) is 15.2. The first kappa shape index (κ1) is 21.9. The molecule has 0 heterocycles. The highest BCUT2D eigenvalue weighted by atomic mass is 32.1. The van der Waals surface area contributed by atoms with Crippen LogP contribution < -0.4 is 15.4 Å². The van der Waals surface area contributed by atoms with Gasteiger partial charge in [0.25, 0.3) is 5.91 Å². The number of nitrogens with one attached hydrogen (secondary N) is 2. The normalized spacial score (nSPS) is 10.6. The lowest BCUT2D eigenvalue weighted by Gasteiger charge is -2.18. The van der Waals surface area contributed by atoms with E-state index in [2.05, 4.69) is 41.5 Å². The highest BCUT2D eigenvalue weighted by Gasteiger charge is 2.09. The van der Waals surface area contributed by atoms with Crippen molar-refractivity contribution >= 4 is 28.9 Å². The molecular weight excluding hydrogens is 370 g/mol. The van der Waals surface area contributed by atoms with Crippen molar-refractivity contribution in [2.45, 2.75) is 33.7 Å². The first-order chi connectivity index (χ1) is 13.5. The van der Waals surface area contributed by atoms with E-state index < -0.39 is 0 Å². The molecule has 0 fully saturated rings. The molecule has 2 aromatic rings. The molecule has 2 N–H and O–H groups in total. The van der Waals surface area contributed by atoms with E-state index in [1.165, 1.54) is 5.56 Å². The number of thiocarbonyl (C=S) groups is 1. The number of hydrogen-bond acceptors (Lipinski definition) is 4. The molecule has 0 aliphatic rings. The average molecular weight is 400 g/mol. The second kappa shape index (κ2) is 11.4. The van der Waals surface area contributed by atoms with Crippen LogP contribution in [0.15, 0.2) is 48.5 Å². The van der Waals surface area contributed by atoms with Crippen molar-refractivity contribution in [3.8, 4) is 5.75 Å². The zero-order chi connectivity index (χ0) is 20.4. The number of rotatable bonds is 9. The predicted octanol–water partition coefficient (Wildman–Crippen LogP) is 4.44. The van der Waals surface area contributed by atoms with Crippen molar-refractivity contribution in [1.29, 1.82) is 0 Å². The fourth-order valence-corrected chi connectivity index (χ4v) is 2.89. The van der Waals surface area contributed by atoms with Gasteiger partial charge in [-0.3, -0.25) is 15.0 Å². The van der Waals surface area contributed by atoms with E-state index in [-0.39, 0.29) is 11.0 Å². The minimum absolute atomic E-state index is 0.265. The molecule has 2 aromatic carbocycles. The van der Waals surface area contributed by atoms with Gasteiger partial charge in [0.1, 0.15) is 5.75 Å². The summed E-state index contributed by atoms with van der Waals surface area (Å²) in [6.07, 6.45) is 0.915. The summed E-state index contributed by atoms with van der Waals surface area (Å²) in [5.41, 5.74) is 2.59. The van der Waals surface area contributed by atoms with Gasteiger partial charge in [-0.2, -0.15) is 0 Å². The molecule has 0 radical (unpaired) electrons. The fraction of sp³-hybridized carbons (Fsp3) is 0.364. The van der Waals surface area contributed by atoms with Crippen molar-refractivity contribution in [2.75, 3.05) is 25.0 Å². The van der Waals surface area contributed by atoms with Crippen LogP contribution in [0.4, 0.5) is 5.69 Å². The summed E-state index contributed by atoms with van der Waals surface area (Å²) in [6.45, 7) is 9.95.